The first-order valence-corrected chi connectivity index (χ1v) is 7.46. The molecule has 1 aromatic carbocycles. The Morgan fingerprint density at radius 1 is 1.29 bits per heavy atom. The molecule has 5 heteroatoms. The monoisotopic (exact) mass is 288 g/mol. The summed E-state index contributed by atoms with van der Waals surface area (Å²) in [6, 6.07) is 7.96. The second-order valence-electron chi connectivity index (χ2n) is 5.99. The molecule has 1 aliphatic carbocycles. The van der Waals surface area contributed by atoms with Crippen molar-refractivity contribution < 1.29 is 14.7 Å². The molecular formula is C16H20N2O3. The molecule has 2 N–H and O–H groups in total. The van der Waals surface area contributed by atoms with E-state index in [1.54, 1.807) is 0 Å². The van der Waals surface area contributed by atoms with Crippen molar-refractivity contribution in [1.29, 1.82) is 0 Å². The minimum absolute atomic E-state index is 0.0358. The average molecular weight is 288 g/mol. The van der Waals surface area contributed by atoms with Crippen LogP contribution in [-0.2, 0) is 16.0 Å². The molecule has 0 saturated heterocycles. The number of carbonyl (C=O) groups is 2. The number of aliphatic carboxylic acids is 1. The Morgan fingerprint density at radius 3 is 2.76 bits per heavy atom. The van der Waals surface area contributed by atoms with Crippen molar-refractivity contribution in [2.45, 2.75) is 19.3 Å². The summed E-state index contributed by atoms with van der Waals surface area (Å²) in [6.45, 7) is 0.980. The second-order valence-corrected chi connectivity index (χ2v) is 5.99. The molecule has 112 valence electrons. The molecule has 1 saturated carbocycles. The van der Waals surface area contributed by atoms with E-state index in [0.29, 0.717) is 25.4 Å². The fourth-order valence-corrected chi connectivity index (χ4v) is 2.88. The molecular weight excluding hydrogens is 268 g/mol. The molecule has 1 aromatic rings. The van der Waals surface area contributed by atoms with Gasteiger partial charge in [-0.05, 0) is 36.8 Å². The Bertz CT molecular complexity index is 554. The molecule has 2 aliphatic rings. The number of hydrogen-bond donors (Lipinski definition) is 2. The first kappa shape index (κ1) is 13.9. The van der Waals surface area contributed by atoms with Crippen LogP contribution in [0.1, 0.15) is 18.4 Å². The number of carboxylic acid groups (broad SMARTS) is 1. The summed E-state index contributed by atoms with van der Waals surface area (Å²) < 4.78 is 0. The van der Waals surface area contributed by atoms with Crippen molar-refractivity contribution in [3.63, 3.8) is 0 Å². The van der Waals surface area contributed by atoms with Crippen LogP contribution in [0.25, 0.3) is 0 Å². The van der Waals surface area contributed by atoms with Gasteiger partial charge in [0.25, 0.3) is 0 Å². The van der Waals surface area contributed by atoms with E-state index in [0.717, 1.165) is 24.1 Å². The Labute approximate surface area is 123 Å². The lowest BCUT2D eigenvalue weighted by molar-refractivity contribution is -0.146. The van der Waals surface area contributed by atoms with Crippen LogP contribution >= 0.6 is 0 Å². The minimum Gasteiger partial charge on any atom is -0.480 e. The van der Waals surface area contributed by atoms with E-state index in [4.69, 9.17) is 5.11 Å². The summed E-state index contributed by atoms with van der Waals surface area (Å²) in [5, 5.41) is 12.3. The predicted molar refractivity (Wildman–Crippen MR) is 79.1 cm³/mol. The lowest BCUT2D eigenvalue weighted by Gasteiger charge is -2.30. The standard InChI is InChI=1S/C16H20N2O3/c19-15(20)10-18(9-11-5-6-11)16(21)13-7-12-3-1-2-4-14(12)17-8-13/h1-4,11,13,17H,5-10H2,(H,19,20). The van der Waals surface area contributed by atoms with Crippen molar-refractivity contribution in [2.24, 2.45) is 11.8 Å². The average Bonchev–Trinajstić information content (AvgIpc) is 3.29. The maximum Gasteiger partial charge on any atom is 0.323 e. The molecule has 0 aromatic heterocycles. The van der Waals surface area contributed by atoms with Crippen molar-refractivity contribution in [1.82, 2.24) is 4.90 Å². The maximum atomic E-state index is 12.6. The van der Waals surface area contributed by atoms with Gasteiger partial charge in [-0.1, -0.05) is 18.2 Å². The number of amides is 1. The van der Waals surface area contributed by atoms with Crippen LogP contribution in [-0.4, -0.2) is 41.5 Å². The van der Waals surface area contributed by atoms with Gasteiger partial charge in [-0.25, -0.2) is 0 Å². The number of fused-ring (bicyclic) bond motifs is 1. The summed E-state index contributed by atoms with van der Waals surface area (Å²) in [7, 11) is 0. The highest BCUT2D eigenvalue weighted by Crippen LogP contribution is 2.31. The number of anilines is 1. The molecule has 1 amide bonds. The van der Waals surface area contributed by atoms with Crippen molar-refractivity contribution in [3.8, 4) is 0 Å². The first-order valence-electron chi connectivity index (χ1n) is 7.46. The minimum atomic E-state index is -0.937. The molecule has 0 radical (unpaired) electrons. The zero-order valence-corrected chi connectivity index (χ0v) is 11.9. The van der Waals surface area contributed by atoms with Crippen LogP contribution in [0.15, 0.2) is 24.3 Å². The van der Waals surface area contributed by atoms with Crippen LogP contribution in [0.2, 0.25) is 0 Å². The van der Waals surface area contributed by atoms with Gasteiger partial charge in [0, 0.05) is 18.8 Å². The number of hydrogen-bond acceptors (Lipinski definition) is 3. The molecule has 1 aliphatic heterocycles. The van der Waals surface area contributed by atoms with Crippen molar-refractivity contribution in [3.05, 3.63) is 29.8 Å². The first-order chi connectivity index (χ1) is 10.1. The van der Waals surface area contributed by atoms with E-state index in [2.05, 4.69) is 5.32 Å². The zero-order valence-electron chi connectivity index (χ0n) is 11.9. The molecule has 1 atom stereocenters. The van der Waals surface area contributed by atoms with E-state index in [1.807, 2.05) is 24.3 Å². The van der Waals surface area contributed by atoms with Gasteiger partial charge in [0.1, 0.15) is 6.54 Å². The number of nitrogens with one attached hydrogen (secondary N) is 1. The predicted octanol–water partition coefficient (Wildman–Crippen LogP) is 1.59. The molecule has 0 bridgehead atoms. The SMILES string of the molecule is O=C(O)CN(CC1CC1)C(=O)C1CNc2ccccc2C1. The van der Waals surface area contributed by atoms with Crippen LogP contribution in [0.5, 0.6) is 0 Å². The lowest BCUT2D eigenvalue weighted by atomic mass is 9.92. The second kappa shape index (κ2) is 5.76. The summed E-state index contributed by atoms with van der Waals surface area (Å²) in [5.41, 5.74) is 2.21. The third-order valence-corrected chi connectivity index (χ3v) is 4.19. The number of para-hydroxylation sites is 1. The smallest absolute Gasteiger partial charge is 0.323 e. The van der Waals surface area contributed by atoms with Gasteiger partial charge >= 0.3 is 5.97 Å². The van der Waals surface area contributed by atoms with E-state index in [-0.39, 0.29) is 18.4 Å². The summed E-state index contributed by atoms with van der Waals surface area (Å²) in [5.74, 6) is -0.644. The molecule has 1 fully saturated rings. The van der Waals surface area contributed by atoms with Crippen LogP contribution in [0, 0.1) is 11.8 Å². The fourth-order valence-electron chi connectivity index (χ4n) is 2.88. The summed E-state index contributed by atoms with van der Waals surface area (Å²) >= 11 is 0. The van der Waals surface area contributed by atoms with Gasteiger partial charge in [0.2, 0.25) is 5.91 Å². The van der Waals surface area contributed by atoms with Gasteiger partial charge in [-0.2, -0.15) is 0 Å². The number of rotatable bonds is 5. The molecule has 1 heterocycles. The van der Waals surface area contributed by atoms with Crippen LogP contribution in [0.4, 0.5) is 5.69 Å². The van der Waals surface area contributed by atoms with Crippen LogP contribution < -0.4 is 5.32 Å². The molecule has 21 heavy (non-hydrogen) atoms. The number of carbonyl (C=O) groups excluding carboxylic acids is 1. The third-order valence-electron chi connectivity index (χ3n) is 4.19. The molecule has 0 spiro atoms. The Kier molecular flexibility index (Phi) is 3.82. The highest BCUT2D eigenvalue weighted by Gasteiger charge is 2.33. The van der Waals surface area contributed by atoms with E-state index < -0.39 is 5.97 Å². The molecule has 1 unspecified atom stereocenters. The molecule has 5 nitrogen and oxygen atoms in total. The number of nitrogens with zero attached hydrogens (tertiary/aromatic N) is 1. The van der Waals surface area contributed by atoms with Crippen molar-refractivity contribution in [2.75, 3.05) is 25.0 Å². The Morgan fingerprint density at radius 2 is 2.05 bits per heavy atom. The van der Waals surface area contributed by atoms with Gasteiger partial charge in [-0.15, -0.1) is 0 Å². The summed E-state index contributed by atoms with van der Waals surface area (Å²) in [6.07, 6.45) is 2.90. The maximum absolute atomic E-state index is 12.6. The van der Waals surface area contributed by atoms with Gasteiger partial charge in [-0.3, -0.25) is 9.59 Å². The normalized spacial score (nSPS) is 20.3. The number of carboxylic acids is 1. The largest absolute Gasteiger partial charge is 0.480 e. The van der Waals surface area contributed by atoms with E-state index in [1.165, 1.54) is 4.90 Å². The number of benzene rings is 1. The highest BCUT2D eigenvalue weighted by atomic mass is 16.4. The Balaban J connectivity index is 1.69. The van der Waals surface area contributed by atoms with E-state index >= 15 is 0 Å². The van der Waals surface area contributed by atoms with E-state index in [9.17, 15) is 9.59 Å². The topological polar surface area (TPSA) is 69.6 Å². The quantitative estimate of drug-likeness (QED) is 0.863. The third kappa shape index (κ3) is 3.35. The lowest BCUT2D eigenvalue weighted by Crippen LogP contribution is -2.44. The summed E-state index contributed by atoms with van der Waals surface area (Å²) in [4.78, 5) is 25.1. The molecule has 3 rings (SSSR count). The van der Waals surface area contributed by atoms with Gasteiger partial charge in [0.15, 0.2) is 0 Å². The Hall–Kier alpha value is -2.04. The zero-order chi connectivity index (χ0) is 14.8. The van der Waals surface area contributed by atoms with Gasteiger partial charge in [0.05, 0.1) is 5.92 Å². The van der Waals surface area contributed by atoms with Gasteiger partial charge < -0.3 is 15.3 Å². The van der Waals surface area contributed by atoms with Crippen molar-refractivity contribution >= 4 is 17.6 Å². The highest BCUT2D eigenvalue weighted by molar-refractivity contribution is 5.84. The fraction of sp³-hybridized carbons (Fsp3) is 0.500. The van der Waals surface area contributed by atoms with Crippen LogP contribution in [0.3, 0.4) is 0 Å².